The highest BCUT2D eigenvalue weighted by Crippen LogP contribution is 2.23. The summed E-state index contributed by atoms with van der Waals surface area (Å²) >= 11 is 0. The number of nitrogen functional groups attached to an aromatic ring is 1. The molecule has 3 heterocycles. The number of amides is 1. The average Bonchev–Trinajstić information content (AvgIpc) is 3.47. The number of hydrogen-bond donors (Lipinski definition) is 3. The second kappa shape index (κ2) is 9.75. The van der Waals surface area contributed by atoms with Gasteiger partial charge in [-0.2, -0.15) is 5.26 Å². The highest BCUT2D eigenvalue weighted by Gasteiger charge is 2.29. The van der Waals surface area contributed by atoms with Gasteiger partial charge in [0.1, 0.15) is 23.4 Å². The smallest absolute Gasteiger partial charge is 0.277 e. The lowest BCUT2D eigenvalue weighted by molar-refractivity contribution is -0.121. The number of nitrogens with zero attached hydrogens (tertiary/aromatic N) is 4. The normalized spacial score (nSPS) is 15.5. The molecule has 1 unspecified atom stereocenters. The van der Waals surface area contributed by atoms with E-state index in [0.29, 0.717) is 42.3 Å². The van der Waals surface area contributed by atoms with E-state index in [2.05, 4.69) is 27.4 Å². The molecule has 5 N–H and O–H groups in total. The Morgan fingerprint density at radius 1 is 1.26 bits per heavy atom. The molecule has 0 spiro atoms. The SMILES string of the molecule is Cc1ccc(CNc2cnc3n(c2=O)C(C(N)=O)CC3)cc1C#N.Nc1ccc2c(n1)CCC2. The lowest BCUT2D eigenvalue weighted by Crippen LogP contribution is -2.33. The van der Waals surface area contributed by atoms with E-state index >= 15 is 0 Å². The third kappa shape index (κ3) is 4.76. The molecule has 34 heavy (non-hydrogen) atoms. The molecular weight excluding hydrogens is 430 g/mol. The first-order valence-corrected chi connectivity index (χ1v) is 11.2. The highest BCUT2D eigenvalue weighted by atomic mass is 16.2. The molecule has 0 saturated heterocycles. The van der Waals surface area contributed by atoms with Crippen LogP contribution in [0.5, 0.6) is 0 Å². The third-order valence-electron chi connectivity index (χ3n) is 6.21. The number of aryl methyl sites for hydroxylation is 4. The maximum Gasteiger partial charge on any atom is 0.277 e. The number of anilines is 2. The van der Waals surface area contributed by atoms with Crippen LogP contribution in [0.1, 0.15) is 52.7 Å². The van der Waals surface area contributed by atoms with Crippen molar-refractivity contribution in [1.82, 2.24) is 14.5 Å². The van der Waals surface area contributed by atoms with Gasteiger partial charge in [-0.1, -0.05) is 18.2 Å². The molecule has 0 radical (unpaired) electrons. The van der Waals surface area contributed by atoms with E-state index < -0.39 is 11.9 Å². The van der Waals surface area contributed by atoms with Crippen LogP contribution in [0.15, 0.2) is 41.3 Å². The first-order valence-electron chi connectivity index (χ1n) is 11.2. The number of aromatic nitrogens is 3. The number of carbonyl (C=O) groups excluding carboxylic acids is 1. The summed E-state index contributed by atoms with van der Waals surface area (Å²) in [5.74, 6) is 0.712. The van der Waals surface area contributed by atoms with E-state index in [1.165, 1.54) is 34.9 Å². The highest BCUT2D eigenvalue weighted by molar-refractivity contribution is 5.79. The first-order chi connectivity index (χ1) is 16.4. The standard InChI is InChI=1S/C17H17N5O2.C8H10N2/c1-10-2-3-11(6-12(10)7-18)8-20-13-9-21-15-5-4-14(16(19)23)22(15)17(13)24;9-8-5-4-6-2-1-3-7(6)10-8/h2-3,6,9,14,20H,4-5,8H2,1H3,(H2,19,23);4-5H,1-3H2,(H2,9,10). The van der Waals surface area contributed by atoms with Crippen LogP contribution in [-0.4, -0.2) is 20.4 Å². The number of benzene rings is 1. The fourth-order valence-electron chi connectivity index (χ4n) is 4.33. The molecule has 174 valence electrons. The van der Waals surface area contributed by atoms with Gasteiger partial charge in [0.15, 0.2) is 0 Å². The van der Waals surface area contributed by atoms with Gasteiger partial charge in [0.25, 0.3) is 5.56 Å². The number of carbonyl (C=O) groups is 1. The molecule has 1 aliphatic heterocycles. The number of nitrogens with two attached hydrogens (primary N) is 2. The number of primary amides is 1. The maximum atomic E-state index is 12.6. The van der Waals surface area contributed by atoms with Gasteiger partial charge in [-0.3, -0.25) is 14.2 Å². The van der Waals surface area contributed by atoms with E-state index in [9.17, 15) is 9.59 Å². The minimum atomic E-state index is -0.633. The summed E-state index contributed by atoms with van der Waals surface area (Å²) in [5.41, 5.74) is 15.9. The Morgan fingerprint density at radius 3 is 2.85 bits per heavy atom. The fraction of sp³-hybridized carbons (Fsp3) is 0.320. The topological polar surface area (TPSA) is 153 Å². The van der Waals surface area contributed by atoms with Gasteiger partial charge in [0, 0.05) is 18.7 Å². The molecule has 9 nitrogen and oxygen atoms in total. The Balaban J connectivity index is 0.000000226. The molecule has 9 heteroatoms. The Kier molecular flexibility index (Phi) is 6.59. The molecule has 5 rings (SSSR count). The largest absolute Gasteiger partial charge is 0.384 e. The molecule has 2 aliphatic rings. The fourth-order valence-corrected chi connectivity index (χ4v) is 4.33. The Morgan fingerprint density at radius 2 is 2.09 bits per heavy atom. The number of nitrogens with one attached hydrogen (secondary N) is 1. The predicted molar refractivity (Wildman–Crippen MR) is 129 cm³/mol. The van der Waals surface area contributed by atoms with Crippen LogP contribution in [0.3, 0.4) is 0 Å². The van der Waals surface area contributed by atoms with Crippen LogP contribution < -0.4 is 22.3 Å². The molecule has 1 aromatic carbocycles. The second-order valence-electron chi connectivity index (χ2n) is 8.53. The number of pyridine rings is 1. The summed E-state index contributed by atoms with van der Waals surface area (Å²) < 4.78 is 1.38. The quantitative estimate of drug-likeness (QED) is 0.542. The number of nitriles is 1. The van der Waals surface area contributed by atoms with E-state index in [1.54, 1.807) is 6.07 Å². The van der Waals surface area contributed by atoms with Gasteiger partial charge in [0.2, 0.25) is 5.91 Å². The van der Waals surface area contributed by atoms with Crippen molar-refractivity contribution in [1.29, 1.82) is 5.26 Å². The van der Waals surface area contributed by atoms with Gasteiger partial charge in [-0.25, -0.2) is 9.97 Å². The summed E-state index contributed by atoms with van der Waals surface area (Å²) in [6, 6.07) is 11.0. The van der Waals surface area contributed by atoms with Gasteiger partial charge in [-0.15, -0.1) is 0 Å². The van der Waals surface area contributed by atoms with Crippen molar-refractivity contribution in [2.24, 2.45) is 5.73 Å². The zero-order chi connectivity index (χ0) is 24.2. The van der Waals surface area contributed by atoms with Crippen molar-refractivity contribution in [3.8, 4) is 6.07 Å². The molecule has 1 amide bonds. The monoisotopic (exact) mass is 457 g/mol. The summed E-state index contributed by atoms with van der Waals surface area (Å²) in [6.45, 7) is 2.25. The van der Waals surface area contributed by atoms with Crippen LogP contribution in [0, 0.1) is 18.3 Å². The van der Waals surface area contributed by atoms with E-state index in [4.69, 9.17) is 16.7 Å². The van der Waals surface area contributed by atoms with E-state index in [-0.39, 0.29) is 5.56 Å². The van der Waals surface area contributed by atoms with Gasteiger partial charge in [0.05, 0.1) is 17.8 Å². The van der Waals surface area contributed by atoms with Crippen molar-refractivity contribution in [2.75, 3.05) is 11.1 Å². The number of rotatable bonds is 4. The minimum absolute atomic E-state index is 0.297. The van der Waals surface area contributed by atoms with Crippen LogP contribution in [0.2, 0.25) is 0 Å². The van der Waals surface area contributed by atoms with Crippen molar-refractivity contribution in [3.63, 3.8) is 0 Å². The Hall–Kier alpha value is -4.19. The second-order valence-corrected chi connectivity index (χ2v) is 8.53. The van der Waals surface area contributed by atoms with Gasteiger partial charge >= 0.3 is 0 Å². The van der Waals surface area contributed by atoms with Gasteiger partial charge in [-0.05, 0) is 61.4 Å². The molecule has 2 aromatic heterocycles. The molecule has 0 fully saturated rings. The van der Waals surface area contributed by atoms with Crippen LogP contribution in [0.25, 0.3) is 0 Å². The Bertz CT molecular complexity index is 1340. The summed E-state index contributed by atoms with van der Waals surface area (Å²) in [5, 5.41) is 12.1. The average molecular weight is 458 g/mol. The molecule has 1 atom stereocenters. The van der Waals surface area contributed by atoms with Gasteiger partial charge < -0.3 is 16.8 Å². The summed E-state index contributed by atoms with van der Waals surface area (Å²) in [4.78, 5) is 32.6. The van der Waals surface area contributed by atoms with Crippen molar-refractivity contribution in [3.05, 3.63) is 80.7 Å². The zero-order valence-corrected chi connectivity index (χ0v) is 19.0. The number of fused-ring (bicyclic) bond motifs is 2. The third-order valence-corrected chi connectivity index (χ3v) is 6.21. The van der Waals surface area contributed by atoms with Crippen molar-refractivity contribution >= 4 is 17.4 Å². The van der Waals surface area contributed by atoms with Crippen LogP contribution in [-0.2, 0) is 30.6 Å². The molecule has 0 bridgehead atoms. The van der Waals surface area contributed by atoms with Crippen LogP contribution in [0.4, 0.5) is 11.5 Å². The maximum absolute atomic E-state index is 12.6. The summed E-state index contributed by atoms with van der Waals surface area (Å²) in [7, 11) is 0. The first kappa shape index (κ1) is 23.0. The van der Waals surface area contributed by atoms with E-state index in [1.807, 2.05) is 25.1 Å². The molecular formula is C25H27N7O2. The van der Waals surface area contributed by atoms with Crippen LogP contribution >= 0.6 is 0 Å². The molecule has 1 aliphatic carbocycles. The zero-order valence-electron chi connectivity index (χ0n) is 19.0. The molecule has 3 aromatic rings. The lowest BCUT2D eigenvalue weighted by atomic mass is 10.1. The predicted octanol–water partition coefficient (Wildman–Crippen LogP) is 2.16. The Labute approximate surface area is 197 Å². The van der Waals surface area contributed by atoms with E-state index in [0.717, 1.165) is 17.5 Å². The summed E-state index contributed by atoms with van der Waals surface area (Å²) in [6.07, 6.45) is 6.09. The molecule has 0 saturated carbocycles. The van der Waals surface area contributed by atoms with Crippen molar-refractivity contribution in [2.45, 2.75) is 51.6 Å². The van der Waals surface area contributed by atoms with Crippen molar-refractivity contribution < 1.29 is 4.79 Å². The minimum Gasteiger partial charge on any atom is -0.384 e. The number of hydrogen-bond acceptors (Lipinski definition) is 7. The lowest BCUT2D eigenvalue weighted by Gasteiger charge is -2.13.